The summed E-state index contributed by atoms with van der Waals surface area (Å²) >= 11 is 0. The van der Waals surface area contributed by atoms with Gasteiger partial charge >= 0.3 is 0 Å². The highest BCUT2D eigenvalue weighted by atomic mass is 32.2. The Kier molecular flexibility index (Phi) is 4.76. The summed E-state index contributed by atoms with van der Waals surface area (Å²) in [7, 11) is -3.67. The molecular formula is C13H18N2O2S. The summed E-state index contributed by atoms with van der Waals surface area (Å²) in [6, 6.07) is 4.48. The van der Waals surface area contributed by atoms with Gasteiger partial charge in [-0.15, -0.1) is 6.42 Å². The van der Waals surface area contributed by atoms with Crippen LogP contribution in [0, 0.1) is 19.3 Å². The standard InChI is InChI=1S/C13H18N2O2S/c1-4-7-11(5-2)15-18(16,17)13-10(3)8-6-9-12(13)14/h2,6,8-9,11,15H,4,7,14H2,1,3H3. The quantitative estimate of drug-likeness (QED) is 0.629. The number of hydrogen-bond donors (Lipinski definition) is 2. The lowest BCUT2D eigenvalue weighted by molar-refractivity contribution is 0.564. The highest BCUT2D eigenvalue weighted by Gasteiger charge is 2.22. The van der Waals surface area contributed by atoms with Crippen LogP contribution in [0.5, 0.6) is 0 Å². The molecule has 98 valence electrons. The molecule has 0 aliphatic heterocycles. The van der Waals surface area contributed by atoms with Gasteiger partial charge in [0.1, 0.15) is 4.90 Å². The average Bonchev–Trinajstić information content (AvgIpc) is 2.27. The van der Waals surface area contributed by atoms with Crippen molar-refractivity contribution in [2.45, 2.75) is 37.6 Å². The van der Waals surface area contributed by atoms with Crippen molar-refractivity contribution >= 4 is 15.7 Å². The fourth-order valence-corrected chi connectivity index (χ4v) is 3.30. The van der Waals surface area contributed by atoms with E-state index < -0.39 is 16.1 Å². The Morgan fingerprint density at radius 1 is 1.50 bits per heavy atom. The molecule has 0 heterocycles. The highest BCUT2D eigenvalue weighted by molar-refractivity contribution is 7.89. The zero-order valence-corrected chi connectivity index (χ0v) is 11.4. The molecule has 0 amide bonds. The van der Waals surface area contributed by atoms with E-state index in [1.165, 1.54) is 0 Å². The topological polar surface area (TPSA) is 72.2 Å². The first-order chi connectivity index (χ1) is 8.42. The molecule has 0 radical (unpaired) electrons. The Balaban J connectivity index is 3.11. The largest absolute Gasteiger partial charge is 0.398 e. The van der Waals surface area contributed by atoms with E-state index in [0.717, 1.165) is 6.42 Å². The van der Waals surface area contributed by atoms with Gasteiger partial charge in [-0.25, -0.2) is 8.42 Å². The van der Waals surface area contributed by atoms with Gasteiger partial charge in [0, 0.05) is 0 Å². The van der Waals surface area contributed by atoms with Crippen LogP contribution in [0.3, 0.4) is 0 Å². The molecule has 0 aliphatic carbocycles. The van der Waals surface area contributed by atoms with Gasteiger partial charge in [0.2, 0.25) is 10.0 Å². The first-order valence-corrected chi connectivity index (χ1v) is 7.24. The Labute approximate surface area is 109 Å². The summed E-state index contributed by atoms with van der Waals surface area (Å²) in [4.78, 5) is 0.112. The predicted molar refractivity (Wildman–Crippen MR) is 73.4 cm³/mol. The summed E-state index contributed by atoms with van der Waals surface area (Å²) < 4.78 is 27.0. The molecule has 1 rings (SSSR count). The summed E-state index contributed by atoms with van der Waals surface area (Å²) in [5.41, 5.74) is 6.57. The van der Waals surface area contributed by atoms with Crippen LogP contribution < -0.4 is 10.5 Å². The van der Waals surface area contributed by atoms with E-state index in [4.69, 9.17) is 12.2 Å². The number of nitrogen functional groups attached to an aromatic ring is 1. The van der Waals surface area contributed by atoms with Crippen LogP contribution in [0.2, 0.25) is 0 Å². The Morgan fingerprint density at radius 2 is 2.17 bits per heavy atom. The van der Waals surface area contributed by atoms with Crippen LogP contribution in [0.25, 0.3) is 0 Å². The van der Waals surface area contributed by atoms with E-state index in [9.17, 15) is 8.42 Å². The van der Waals surface area contributed by atoms with E-state index >= 15 is 0 Å². The lowest BCUT2D eigenvalue weighted by Crippen LogP contribution is -2.34. The van der Waals surface area contributed by atoms with Crippen molar-refractivity contribution in [2.24, 2.45) is 0 Å². The third kappa shape index (κ3) is 3.25. The number of nitrogens with two attached hydrogens (primary N) is 1. The molecule has 1 unspecified atom stereocenters. The first kappa shape index (κ1) is 14.6. The smallest absolute Gasteiger partial charge is 0.243 e. The van der Waals surface area contributed by atoms with Crippen molar-refractivity contribution in [3.63, 3.8) is 0 Å². The predicted octanol–water partition coefficient (Wildman–Crippen LogP) is 1.66. The number of hydrogen-bond acceptors (Lipinski definition) is 3. The SMILES string of the molecule is C#CC(CCC)NS(=O)(=O)c1c(C)cccc1N. The molecule has 0 aliphatic rings. The fraction of sp³-hybridized carbons (Fsp3) is 0.385. The lowest BCUT2D eigenvalue weighted by Gasteiger charge is -2.15. The Hall–Kier alpha value is -1.51. The first-order valence-electron chi connectivity index (χ1n) is 5.76. The molecule has 0 spiro atoms. The molecule has 1 atom stereocenters. The van der Waals surface area contributed by atoms with E-state index in [2.05, 4.69) is 10.6 Å². The van der Waals surface area contributed by atoms with Crippen LogP contribution >= 0.6 is 0 Å². The summed E-state index contributed by atoms with van der Waals surface area (Å²) in [5, 5.41) is 0. The number of benzene rings is 1. The normalized spacial score (nSPS) is 12.9. The monoisotopic (exact) mass is 266 g/mol. The van der Waals surface area contributed by atoms with Gasteiger partial charge in [-0.05, 0) is 25.0 Å². The molecular weight excluding hydrogens is 248 g/mol. The van der Waals surface area contributed by atoms with Gasteiger partial charge in [-0.1, -0.05) is 31.4 Å². The zero-order valence-electron chi connectivity index (χ0n) is 10.6. The van der Waals surface area contributed by atoms with Gasteiger partial charge in [0.25, 0.3) is 0 Å². The van der Waals surface area contributed by atoms with E-state index in [-0.39, 0.29) is 10.6 Å². The minimum atomic E-state index is -3.67. The van der Waals surface area contributed by atoms with Crippen LogP contribution in [-0.4, -0.2) is 14.5 Å². The fourth-order valence-electron chi connectivity index (χ4n) is 1.75. The van der Waals surface area contributed by atoms with E-state index in [1.807, 2.05) is 6.92 Å². The molecule has 0 saturated heterocycles. The Bertz CT molecular complexity index is 539. The van der Waals surface area contributed by atoms with Crippen LogP contribution in [0.4, 0.5) is 5.69 Å². The number of nitrogens with one attached hydrogen (secondary N) is 1. The number of rotatable bonds is 5. The molecule has 0 fully saturated rings. The van der Waals surface area contributed by atoms with Crippen molar-refractivity contribution < 1.29 is 8.42 Å². The number of sulfonamides is 1. The van der Waals surface area contributed by atoms with Crippen molar-refractivity contribution in [3.8, 4) is 12.3 Å². The second-order valence-electron chi connectivity index (χ2n) is 4.12. The summed E-state index contributed by atoms with van der Waals surface area (Å²) in [6.07, 6.45) is 6.72. The van der Waals surface area contributed by atoms with Crippen LogP contribution in [0.15, 0.2) is 23.1 Å². The molecule has 18 heavy (non-hydrogen) atoms. The molecule has 3 N–H and O–H groups in total. The van der Waals surface area contributed by atoms with Crippen molar-refractivity contribution in [1.82, 2.24) is 4.72 Å². The number of aryl methyl sites for hydroxylation is 1. The summed E-state index contributed by atoms with van der Waals surface area (Å²) in [6.45, 7) is 3.65. The van der Waals surface area contributed by atoms with Crippen LogP contribution in [-0.2, 0) is 10.0 Å². The molecule has 0 saturated carbocycles. The maximum atomic E-state index is 12.2. The zero-order chi connectivity index (χ0) is 13.8. The maximum absolute atomic E-state index is 12.2. The Morgan fingerprint density at radius 3 is 2.67 bits per heavy atom. The molecule has 0 bridgehead atoms. The van der Waals surface area contributed by atoms with E-state index in [1.54, 1.807) is 25.1 Å². The van der Waals surface area contributed by atoms with Crippen molar-refractivity contribution in [2.75, 3.05) is 5.73 Å². The van der Waals surface area contributed by atoms with Gasteiger partial charge in [-0.3, -0.25) is 0 Å². The lowest BCUT2D eigenvalue weighted by atomic mass is 10.2. The van der Waals surface area contributed by atoms with Gasteiger partial charge in [0.05, 0.1) is 11.7 Å². The summed E-state index contributed by atoms with van der Waals surface area (Å²) in [5.74, 6) is 2.44. The molecule has 0 aromatic heterocycles. The molecule has 1 aromatic carbocycles. The van der Waals surface area contributed by atoms with Crippen molar-refractivity contribution in [1.29, 1.82) is 0 Å². The second kappa shape index (κ2) is 5.89. The molecule has 4 nitrogen and oxygen atoms in total. The molecule has 1 aromatic rings. The third-order valence-electron chi connectivity index (χ3n) is 2.59. The van der Waals surface area contributed by atoms with E-state index in [0.29, 0.717) is 12.0 Å². The molecule has 5 heteroatoms. The maximum Gasteiger partial charge on any atom is 0.243 e. The van der Waals surface area contributed by atoms with Gasteiger partial charge in [0.15, 0.2) is 0 Å². The highest BCUT2D eigenvalue weighted by Crippen LogP contribution is 2.22. The minimum absolute atomic E-state index is 0.112. The van der Waals surface area contributed by atoms with Crippen molar-refractivity contribution in [3.05, 3.63) is 23.8 Å². The number of terminal acetylenes is 1. The minimum Gasteiger partial charge on any atom is -0.398 e. The third-order valence-corrected chi connectivity index (χ3v) is 4.28. The second-order valence-corrected chi connectivity index (χ2v) is 5.77. The van der Waals surface area contributed by atoms with Gasteiger partial charge < -0.3 is 5.73 Å². The van der Waals surface area contributed by atoms with Crippen LogP contribution in [0.1, 0.15) is 25.3 Å². The average molecular weight is 266 g/mol. The number of anilines is 1. The van der Waals surface area contributed by atoms with Gasteiger partial charge in [-0.2, -0.15) is 4.72 Å².